The highest BCUT2D eigenvalue weighted by Crippen LogP contribution is 2.36. The molecule has 0 spiro atoms. The van der Waals surface area contributed by atoms with E-state index in [4.69, 9.17) is 27.9 Å². The van der Waals surface area contributed by atoms with E-state index in [0.717, 1.165) is 23.9 Å². The van der Waals surface area contributed by atoms with Gasteiger partial charge in [0.15, 0.2) is 0 Å². The smallest absolute Gasteiger partial charge is 0.332 e. The van der Waals surface area contributed by atoms with Crippen LogP contribution in [-0.4, -0.2) is 47.1 Å². The molecule has 1 aromatic rings. The van der Waals surface area contributed by atoms with Crippen LogP contribution in [0.4, 0.5) is 10.1 Å². The van der Waals surface area contributed by atoms with Crippen molar-refractivity contribution in [1.29, 1.82) is 0 Å². The van der Waals surface area contributed by atoms with Crippen LogP contribution in [0.3, 0.4) is 0 Å². The maximum Gasteiger partial charge on any atom is 0.332 e. The molecule has 31 heavy (non-hydrogen) atoms. The number of anilines is 1. The zero-order chi connectivity index (χ0) is 23.1. The monoisotopic (exact) mass is 491 g/mol. The number of thioether (sulfide) groups is 1. The second-order valence-corrected chi connectivity index (χ2v) is 8.16. The molecule has 1 aliphatic carbocycles. The molecular formula is C20H20Cl2FNO6S. The third-order valence-corrected chi connectivity index (χ3v) is 6.13. The van der Waals surface area contributed by atoms with E-state index in [-0.39, 0.29) is 46.3 Å². The molecule has 0 fully saturated rings. The molecule has 2 rings (SSSR count). The summed E-state index contributed by atoms with van der Waals surface area (Å²) < 4.78 is 19.6. The van der Waals surface area contributed by atoms with E-state index in [1.807, 2.05) is 0 Å². The number of nitrogens with zero attached hydrogens (tertiary/aromatic N) is 1. The second kappa shape index (κ2) is 11.5. The molecule has 0 saturated heterocycles. The van der Waals surface area contributed by atoms with Crippen LogP contribution in [0.2, 0.25) is 5.02 Å². The van der Waals surface area contributed by atoms with Crippen molar-refractivity contribution in [2.45, 2.75) is 37.5 Å². The Balaban J connectivity index is 2.50. The lowest BCUT2D eigenvalue weighted by Gasteiger charge is -2.25. The number of halogens is 3. The van der Waals surface area contributed by atoms with E-state index >= 15 is 0 Å². The molecule has 0 unspecified atom stereocenters. The molecule has 7 nitrogen and oxygen atoms in total. The van der Waals surface area contributed by atoms with Crippen molar-refractivity contribution < 1.29 is 33.4 Å². The highest BCUT2D eigenvalue weighted by atomic mass is 35.5. The number of alkyl halides is 1. The summed E-state index contributed by atoms with van der Waals surface area (Å²) in [6, 6.07) is 2.08. The summed E-state index contributed by atoms with van der Waals surface area (Å²) in [4.78, 5) is 49.6. The molecule has 2 amide bonds. The molecule has 168 valence electrons. The average molecular weight is 492 g/mol. The van der Waals surface area contributed by atoms with Gasteiger partial charge in [0.1, 0.15) is 11.7 Å². The predicted molar refractivity (Wildman–Crippen MR) is 115 cm³/mol. The molecule has 0 radical (unpaired) electrons. The summed E-state index contributed by atoms with van der Waals surface area (Å²) >= 11 is 12.7. The number of carbonyl (C=O) groups is 4. The minimum Gasteiger partial charge on any atom is -0.478 e. The minimum atomic E-state index is -1.26. The van der Waals surface area contributed by atoms with Gasteiger partial charge in [0.25, 0.3) is 5.91 Å². The van der Waals surface area contributed by atoms with Crippen molar-refractivity contribution in [3.8, 4) is 0 Å². The lowest BCUT2D eigenvalue weighted by molar-refractivity contribution is -0.140. The summed E-state index contributed by atoms with van der Waals surface area (Å²) in [5.74, 6) is -5.35. The minimum absolute atomic E-state index is 0.0237. The summed E-state index contributed by atoms with van der Waals surface area (Å²) in [5.41, 5.74) is -0.587. The Morgan fingerprint density at radius 2 is 1.84 bits per heavy atom. The number of carboxylic acid groups (broad SMARTS) is 1. The number of esters is 1. The molecule has 11 heteroatoms. The molecule has 1 aromatic carbocycles. The summed E-state index contributed by atoms with van der Waals surface area (Å²) in [7, 11) is 0. The lowest BCUT2D eigenvalue weighted by Crippen LogP contribution is -2.40. The zero-order valence-electron chi connectivity index (χ0n) is 16.6. The van der Waals surface area contributed by atoms with Crippen LogP contribution in [0.5, 0.6) is 0 Å². The van der Waals surface area contributed by atoms with Crippen molar-refractivity contribution in [2.24, 2.45) is 0 Å². The van der Waals surface area contributed by atoms with E-state index in [1.165, 1.54) is 0 Å². The van der Waals surface area contributed by atoms with Gasteiger partial charge in [-0.3, -0.25) is 14.4 Å². The topological polar surface area (TPSA) is 101 Å². The Kier molecular flexibility index (Phi) is 9.33. The molecular weight excluding hydrogens is 472 g/mol. The van der Waals surface area contributed by atoms with Crippen molar-refractivity contribution >= 4 is 64.4 Å². The maximum atomic E-state index is 14.8. The first-order chi connectivity index (χ1) is 14.7. The quantitative estimate of drug-likeness (QED) is 0.330. The summed E-state index contributed by atoms with van der Waals surface area (Å²) in [6.45, 7) is 1.84. The molecule has 0 saturated carbocycles. The summed E-state index contributed by atoms with van der Waals surface area (Å²) in [6.07, 6.45) is 1.46. The van der Waals surface area contributed by atoms with E-state index in [9.17, 15) is 28.7 Å². The zero-order valence-corrected chi connectivity index (χ0v) is 18.9. The van der Waals surface area contributed by atoms with Crippen LogP contribution in [0.15, 0.2) is 28.2 Å². The number of ether oxygens (including phenoxy) is 1. The number of carboxylic acids is 1. The average Bonchev–Trinajstić information content (AvgIpc) is 2.74. The largest absolute Gasteiger partial charge is 0.478 e. The first kappa shape index (κ1) is 25.2. The van der Waals surface area contributed by atoms with Gasteiger partial charge in [0.2, 0.25) is 5.91 Å². The molecule has 1 aliphatic rings. The van der Waals surface area contributed by atoms with E-state index in [1.54, 1.807) is 6.92 Å². The highest BCUT2D eigenvalue weighted by Gasteiger charge is 2.33. The van der Waals surface area contributed by atoms with Crippen molar-refractivity contribution in [1.82, 2.24) is 0 Å². The van der Waals surface area contributed by atoms with Crippen LogP contribution in [0, 0.1) is 5.82 Å². The lowest BCUT2D eigenvalue weighted by atomic mass is 9.90. The van der Waals surface area contributed by atoms with Gasteiger partial charge in [-0.05, 0) is 44.7 Å². The number of benzene rings is 1. The van der Waals surface area contributed by atoms with Crippen LogP contribution in [-0.2, 0) is 23.9 Å². The predicted octanol–water partition coefficient (Wildman–Crippen LogP) is 4.19. The fourth-order valence-corrected chi connectivity index (χ4v) is 4.25. The maximum absolute atomic E-state index is 14.8. The van der Waals surface area contributed by atoms with E-state index in [0.29, 0.717) is 17.7 Å². The molecule has 0 atom stereocenters. The Morgan fingerprint density at radius 1 is 1.19 bits per heavy atom. The highest BCUT2D eigenvalue weighted by molar-refractivity contribution is 8.00. The number of hydrogen-bond acceptors (Lipinski definition) is 6. The molecule has 0 heterocycles. The third-order valence-electron chi connectivity index (χ3n) is 4.44. The molecule has 1 N–H and O–H groups in total. The van der Waals surface area contributed by atoms with Crippen molar-refractivity contribution in [3.63, 3.8) is 0 Å². The van der Waals surface area contributed by atoms with Gasteiger partial charge in [-0.15, -0.1) is 23.4 Å². The Morgan fingerprint density at radius 3 is 2.42 bits per heavy atom. The van der Waals surface area contributed by atoms with Gasteiger partial charge in [-0.1, -0.05) is 11.6 Å². The second-order valence-electron chi connectivity index (χ2n) is 6.47. The third kappa shape index (κ3) is 6.21. The number of hydrogen-bond donors (Lipinski definition) is 1. The molecule has 0 aromatic heterocycles. The van der Waals surface area contributed by atoms with Crippen LogP contribution >= 0.6 is 35.0 Å². The van der Waals surface area contributed by atoms with Gasteiger partial charge in [0.05, 0.1) is 23.1 Å². The van der Waals surface area contributed by atoms with Crippen LogP contribution < -0.4 is 4.90 Å². The number of amides is 2. The number of rotatable bonds is 8. The van der Waals surface area contributed by atoms with Gasteiger partial charge >= 0.3 is 11.9 Å². The fraction of sp³-hybridized carbons (Fsp3) is 0.400. The SMILES string of the molecule is CCOC(=O)CSc1cc(N(C(=O)CCl)C(=O)C2=C(C(=O)O)CCCC2)c(F)cc1Cl. The van der Waals surface area contributed by atoms with E-state index in [2.05, 4.69) is 0 Å². The fourth-order valence-electron chi connectivity index (χ4n) is 3.07. The Labute approximate surface area is 192 Å². The van der Waals surface area contributed by atoms with Gasteiger partial charge in [-0.25, -0.2) is 14.1 Å². The normalized spacial score (nSPS) is 13.7. The Bertz CT molecular complexity index is 936. The van der Waals surface area contributed by atoms with Gasteiger partial charge in [-0.2, -0.15) is 0 Å². The van der Waals surface area contributed by atoms with E-state index < -0.39 is 41.1 Å². The Hall–Kier alpha value is -2.10. The number of imide groups is 1. The van der Waals surface area contributed by atoms with Gasteiger partial charge < -0.3 is 9.84 Å². The van der Waals surface area contributed by atoms with Crippen molar-refractivity contribution in [3.05, 3.63) is 34.1 Å². The van der Waals surface area contributed by atoms with Crippen LogP contribution in [0.1, 0.15) is 32.6 Å². The number of aliphatic carboxylic acids is 1. The van der Waals surface area contributed by atoms with Crippen LogP contribution in [0.25, 0.3) is 0 Å². The van der Waals surface area contributed by atoms with Gasteiger partial charge in [0, 0.05) is 16.0 Å². The first-order valence-electron chi connectivity index (χ1n) is 9.37. The van der Waals surface area contributed by atoms with Crippen molar-refractivity contribution in [2.75, 3.05) is 23.1 Å². The molecule has 0 aliphatic heterocycles. The molecule has 0 bridgehead atoms. The standard InChI is InChI=1S/C20H20Cl2FNO6S/c1-2-30-18(26)10-31-16-8-15(14(23)7-13(16)22)24(17(25)9-21)19(27)11-5-3-4-6-12(11)20(28)29/h7-8H,2-6,9-10H2,1H3,(H,28,29). The summed E-state index contributed by atoms with van der Waals surface area (Å²) in [5, 5.41) is 9.40. The number of carbonyl (C=O) groups excluding carboxylic acids is 3. The first-order valence-corrected chi connectivity index (χ1v) is 11.3.